The first-order chi connectivity index (χ1) is 8.70. The summed E-state index contributed by atoms with van der Waals surface area (Å²) in [7, 11) is 0. The van der Waals surface area contributed by atoms with Gasteiger partial charge < -0.3 is 5.73 Å². The number of nitrogens with zero attached hydrogens (tertiary/aromatic N) is 1. The van der Waals surface area contributed by atoms with Gasteiger partial charge in [-0.05, 0) is 31.4 Å². The van der Waals surface area contributed by atoms with Crippen LogP contribution in [0.5, 0.6) is 0 Å². The van der Waals surface area contributed by atoms with Crippen molar-refractivity contribution in [3.63, 3.8) is 0 Å². The van der Waals surface area contributed by atoms with Gasteiger partial charge in [-0.3, -0.25) is 10.3 Å². The highest BCUT2D eigenvalue weighted by Crippen LogP contribution is 2.28. The van der Waals surface area contributed by atoms with Crippen LogP contribution in [0.25, 0.3) is 0 Å². The molecule has 1 aromatic carbocycles. The van der Waals surface area contributed by atoms with Gasteiger partial charge in [-0.15, -0.1) is 0 Å². The molecule has 0 aliphatic heterocycles. The summed E-state index contributed by atoms with van der Waals surface area (Å²) in [5, 5.41) is 7.38. The van der Waals surface area contributed by atoms with E-state index in [1.54, 1.807) is 0 Å². The summed E-state index contributed by atoms with van der Waals surface area (Å²) >= 11 is 0. The van der Waals surface area contributed by atoms with Crippen LogP contribution in [0.1, 0.15) is 43.7 Å². The van der Waals surface area contributed by atoms with Gasteiger partial charge in [0.25, 0.3) is 0 Å². The average Bonchev–Trinajstić information content (AvgIpc) is 3.19. The summed E-state index contributed by atoms with van der Waals surface area (Å²) in [6, 6.07) is 8.89. The monoisotopic (exact) mass is 245 g/mol. The van der Waals surface area contributed by atoms with E-state index in [1.165, 1.54) is 37.8 Å². The summed E-state index contributed by atoms with van der Waals surface area (Å²) in [5.74, 6) is 0.145. The minimum atomic E-state index is 0.145. The lowest BCUT2D eigenvalue weighted by molar-refractivity contribution is 0.250. The normalized spacial score (nSPS) is 15.0. The van der Waals surface area contributed by atoms with Crippen molar-refractivity contribution in [2.24, 2.45) is 5.73 Å². The molecule has 1 aliphatic carbocycles. The summed E-state index contributed by atoms with van der Waals surface area (Å²) in [6.45, 7) is 4.48. The molecule has 1 fully saturated rings. The predicted octanol–water partition coefficient (Wildman–Crippen LogP) is 2.74. The summed E-state index contributed by atoms with van der Waals surface area (Å²) in [5.41, 5.74) is 7.59. The van der Waals surface area contributed by atoms with Crippen LogP contribution in [0.2, 0.25) is 0 Å². The third-order valence-corrected chi connectivity index (χ3v) is 3.51. The van der Waals surface area contributed by atoms with E-state index < -0.39 is 0 Å². The maximum absolute atomic E-state index is 7.38. The second-order valence-corrected chi connectivity index (χ2v) is 5.17. The molecule has 1 aromatic rings. The van der Waals surface area contributed by atoms with Gasteiger partial charge in [-0.2, -0.15) is 0 Å². The van der Waals surface area contributed by atoms with Crippen LogP contribution >= 0.6 is 0 Å². The smallest absolute Gasteiger partial charge is 0.122 e. The van der Waals surface area contributed by atoms with Crippen molar-refractivity contribution in [1.82, 2.24) is 4.90 Å². The predicted molar refractivity (Wildman–Crippen MR) is 75.8 cm³/mol. The van der Waals surface area contributed by atoms with Gasteiger partial charge in [0.1, 0.15) is 5.84 Å². The minimum Gasteiger partial charge on any atom is -0.384 e. The van der Waals surface area contributed by atoms with E-state index in [1.807, 2.05) is 12.1 Å². The molecule has 0 unspecified atom stereocenters. The molecule has 0 amide bonds. The first-order valence-corrected chi connectivity index (χ1v) is 6.88. The zero-order chi connectivity index (χ0) is 13.0. The lowest BCUT2D eigenvalue weighted by atomic mass is 10.1. The van der Waals surface area contributed by atoms with Gasteiger partial charge in [0.15, 0.2) is 0 Å². The van der Waals surface area contributed by atoms with Crippen LogP contribution in [0.3, 0.4) is 0 Å². The minimum absolute atomic E-state index is 0.145. The third-order valence-electron chi connectivity index (χ3n) is 3.51. The Morgan fingerprint density at radius 3 is 2.50 bits per heavy atom. The molecule has 0 radical (unpaired) electrons. The van der Waals surface area contributed by atoms with E-state index in [0.29, 0.717) is 0 Å². The zero-order valence-electron chi connectivity index (χ0n) is 11.2. The maximum Gasteiger partial charge on any atom is 0.122 e. The SMILES string of the molecule is CCCCN(Cc1ccc(C(=N)N)cc1)C1CC1. The van der Waals surface area contributed by atoms with E-state index in [0.717, 1.165) is 18.2 Å². The van der Waals surface area contributed by atoms with Crippen molar-refractivity contribution < 1.29 is 0 Å². The van der Waals surface area contributed by atoms with Gasteiger partial charge >= 0.3 is 0 Å². The van der Waals surface area contributed by atoms with Crippen LogP contribution in [0.4, 0.5) is 0 Å². The number of hydrogen-bond acceptors (Lipinski definition) is 2. The van der Waals surface area contributed by atoms with Crippen molar-refractivity contribution in [3.05, 3.63) is 35.4 Å². The highest BCUT2D eigenvalue weighted by atomic mass is 15.2. The van der Waals surface area contributed by atoms with Crippen molar-refractivity contribution in [3.8, 4) is 0 Å². The molecular formula is C15H23N3. The van der Waals surface area contributed by atoms with Crippen LogP contribution in [-0.4, -0.2) is 23.3 Å². The summed E-state index contributed by atoms with van der Waals surface area (Å²) < 4.78 is 0. The van der Waals surface area contributed by atoms with Crippen molar-refractivity contribution >= 4 is 5.84 Å². The number of rotatable bonds is 7. The average molecular weight is 245 g/mol. The molecule has 1 aliphatic rings. The standard InChI is InChI=1S/C15H23N3/c1-2-3-10-18(14-8-9-14)11-12-4-6-13(7-5-12)15(16)17/h4-7,14H,2-3,8-11H2,1H3,(H3,16,17). The number of amidine groups is 1. The Bertz CT molecular complexity index is 393. The van der Waals surface area contributed by atoms with Crippen molar-refractivity contribution in [1.29, 1.82) is 5.41 Å². The maximum atomic E-state index is 7.38. The van der Waals surface area contributed by atoms with Crippen LogP contribution in [0.15, 0.2) is 24.3 Å². The molecule has 0 saturated heterocycles. The molecule has 0 atom stereocenters. The fourth-order valence-electron chi connectivity index (χ4n) is 2.22. The Balaban J connectivity index is 1.95. The van der Waals surface area contributed by atoms with E-state index in [4.69, 9.17) is 11.1 Å². The first kappa shape index (κ1) is 13.1. The molecule has 3 nitrogen and oxygen atoms in total. The van der Waals surface area contributed by atoms with Crippen LogP contribution < -0.4 is 5.73 Å². The third kappa shape index (κ3) is 3.57. The summed E-state index contributed by atoms with van der Waals surface area (Å²) in [6.07, 6.45) is 5.25. The lowest BCUT2D eigenvalue weighted by Gasteiger charge is -2.21. The quantitative estimate of drug-likeness (QED) is 0.573. The van der Waals surface area contributed by atoms with E-state index in [9.17, 15) is 0 Å². The van der Waals surface area contributed by atoms with Gasteiger partial charge in [-0.25, -0.2) is 0 Å². The van der Waals surface area contributed by atoms with Gasteiger partial charge in [0.2, 0.25) is 0 Å². The molecule has 0 heterocycles. The molecular weight excluding hydrogens is 222 g/mol. The molecule has 18 heavy (non-hydrogen) atoms. The fourth-order valence-corrected chi connectivity index (χ4v) is 2.22. The zero-order valence-corrected chi connectivity index (χ0v) is 11.2. The molecule has 98 valence electrons. The van der Waals surface area contributed by atoms with Gasteiger partial charge in [-0.1, -0.05) is 37.6 Å². The molecule has 3 heteroatoms. The van der Waals surface area contributed by atoms with Crippen LogP contribution in [0, 0.1) is 5.41 Å². The van der Waals surface area contributed by atoms with Crippen molar-refractivity contribution in [2.45, 2.75) is 45.2 Å². The largest absolute Gasteiger partial charge is 0.384 e. The second kappa shape index (κ2) is 6.01. The number of nitrogens with two attached hydrogens (primary N) is 1. The van der Waals surface area contributed by atoms with E-state index in [-0.39, 0.29) is 5.84 Å². The Labute approximate surface area is 109 Å². The number of unbranched alkanes of at least 4 members (excludes halogenated alkanes) is 1. The Morgan fingerprint density at radius 1 is 1.33 bits per heavy atom. The van der Waals surface area contributed by atoms with E-state index in [2.05, 4.69) is 24.0 Å². The van der Waals surface area contributed by atoms with E-state index >= 15 is 0 Å². The van der Waals surface area contributed by atoms with Gasteiger partial charge in [0, 0.05) is 18.2 Å². The summed E-state index contributed by atoms with van der Waals surface area (Å²) in [4.78, 5) is 2.59. The number of nitrogens with one attached hydrogen (secondary N) is 1. The molecule has 1 saturated carbocycles. The molecule has 3 N–H and O–H groups in total. The Kier molecular flexibility index (Phi) is 4.37. The fraction of sp³-hybridized carbons (Fsp3) is 0.533. The topological polar surface area (TPSA) is 53.1 Å². The Morgan fingerprint density at radius 2 is 2.00 bits per heavy atom. The molecule has 0 bridgehead atoms. The second-order valence-electron chi connectivity index (χ2n) is 5.17. The number of benzene rings is 1. The molecule has 0 spiro atoms. The number of nitrogen functional groups attached to an aromatic ring is 1. The molecule has 0 aromatic heterocycles. The van der Waals surface area contributed by atoms with Gasteiger partial charge in [0.05, 0.1) is 0 Å². The first-order valence-electron chi connectivity index (χ1n) is 6.88. The Hall–Kier alpha value is -1.35. The van der Waals surface area contributed by atoms with Crippen molar-refractivity contribution in [2.75, 3.05) is 6.54 Å². The molecule has 2 rings (SSSR count). The highest BCUT2D eigenvalue weighted by Gasteiger charge is 2.28. The van der Waals surface area contributed by atoms with Crippen LogP contribution in [-0.2, 0) is 6.54 Å². The number of hydrogen-bond donors (Lipinski definition) is 2. The highest BCUT2D eigenvalue weighted by molar-refractivity contribution is 5.94. The lowest BCUT2D eigenvalue weighted by Crippen LogP contribution is -2.26.